The molecule has 9 heteroatoms. The zero-order valence-electron chi connectivity index (χ0n) is 17.0. The molecule has 4 rings (SSSR count). The van der Waals surface area contributed by atoms with Crippen molar-refractivity contribution >= 4 is 45.6 Å². The monoisotopic (exact) mass is 476 g/mol. The summed E-state index contributed by atoms with van der Waals surface area (Å²) >= 11 is 13.9. The van der Waals surface area contributed by atoms with Gasteiger partial charge in [-0.25, -0.2) is 0 Å². The van der Waals surface area contributed by atoms with Crippen LogP contribution in [0.3, 0.4) is 0 Å². The van der Waals surface area contributed by atoms with E-state index in [0.717, 1.165) is 47.8 Å². The number of anilines is 1. The molecule has 0 saturated carbocycles. The van der Waals surface area contributed by atoms with Gasteiger partial charge in [0.2, 0.25) is 11.0 Å². The SMILES string of the molecule is COc1ccc(-c2nnc(NC(=O)C3CCN(Cc4c(Cl)cccc4Cl)CC3)s2)cc1. The minimum Gasteiger partial charge on any atom is -0.497 e. The molecule has 0 atom stereocenters. The van der Waals surface area contributed by atoms with E-state index in [9.17, 15) is 4.79 Å². The van der Waals surface area contributed by atoms with Gasteiger partial charge in [0.25, 0.3) is 0 Å². The average molecular weight is 477 g/mol. The number of aromatic nitrogens is 2. The Morgan fingerprint density at radius 2 is 1.81 bits per heavy atom. The van der Waals surface area contributed by atoms with Crippen molar-refractivity contribution in [1.29, 1.82) is 0 Å². The fraction of sp³-hybridized carbons (Fsp3) is 0.318. The smallest absolute Gasteiger partial charge is 0.229 e. The third kappa shape index (κ3) is 5.36. The van der Waals surface area contributed by atoms with Gasteiger partial charge < -0.3 is 10.1 Å². The highest BCUT2D eigenvalue weighted by atomic mass is 35.5. The Kier molecular flexibility index (Phi) is 7.07. The molecule has 0 bridgehead atoms. The minimum atomic E-state index is -0.0497. The quantitative estimate of drug-likeness (QED) is 0.517. The fourth-order valence-corrected chi connectivity index (χ4v) is 4.86. The number of benzene rings is 2. The van der Waals surface area contributed by atoms with Crippen molar-refractivity contribution in [1.82, 2.24) is 15.1 Å². The molecule has 1 saturated heterocycles. The van der Waals surface area contributed by atoms with Crippen LogP contribution in [0.5, 0.6) is 5.75 Å². The van der Waals surface area contributed by atoms with Crippen LogP contribution in [-0.4, -0.2) is 41.2 Å². The number of piperidine rings is 1. The van der Waals surface area contributed by atoms with Crippen LogP contribution in [0.2, 0.25) is 10.0 Å². The van der Waals surface area contributed by atoms with Gasteiger partial charge in [-0.15, -0.1) is 10.2 Å². The number of halogens is 2. The van der Waals surface area contributed by atoms with Gasteiger partial charge in [0.15, 0.2) is 0 Å². The zero-order chi connectivity index (χ0) is 21.8. The predicted molar refractivity (Wildman–Crippen MR) is 125 cm³/mol. The topological polar surface area (TPSA) is 67.4 Å². The van der Waals surface area contributed by atoms with Gasteiger partial charge in [-0.1, -0.05) is 40.6 Å². The van der Waals surface area contributed by atoms with E-state index < -0.39 is 0 Å². The molecule has 0 unspecified atom stereocenters. The number of methoxy groups -OCH3 is 1. The first-order valence-electron chi connectivity index (χ1n) is 9.97. The standard InChI is InChI=1S/C22H22Cl2N4O2S/c1-30-16-7-5-15(6-8-16)21-26-27-22(31-21)25-20(29)14-9-11-28(12-10-14)13-17-18(23)3-2-4-19(17)24/h2-8,14H,9-13H2,1H3,(H,25,27,29). The van der Waals surface area contributed by atoms with Crippen LogP contribution >= 0.6 is 34.5 Å². The average Bonchev–Trinajstić information content (AvgIpc) is 3.25. The van der Waals surface area contributed by atoms with Gasteiger partial charge in [0.05, 0.1) is 7.11 Å². The van der Waals surface area contributed by atoms with Gasteiger partial charge in [-0.05, 0) is 62.3 Å². The van der Waals surface area contributed by atoms with Crippen LogP contribution < -0.4 is 10.1 Å². The van der Waals surface area contributed by atoms with E-state index in [1.807, 2.05) is 42.5 Å². The summed E-state index contributed by atoms with van der Waals surface area (Å²) in [6.07, 6.45) is 1.55. The van der Waals surface area contributed by atoms with Gasteiger partial charge in [-0.3, -0.25) is 9.69 Å². The molecule has 31 heavy (non-hydrogen) atoms. The lowest BCUT2D eigenvalue weighted by molar-refractivity contribution is -0.121. The highest BCUT2D eigenvalue weighted by molar-refractivity contribution is 7.18. The number of carbonyl (C=O) groups excluding carboxylic acids is 1. The third-order valence-electron chi connectivity index (χ3n) is 5.39. The summed E-state index contributed by atoms with van der Waals surface area (Å²) < 4.78 is 5.18. The predicted octanol–water partition coefficient (Wildman–Crippen LogP) is 5.37. The second kappa shape index (κ2) is 9.96. The lowest BCUT2D eigenvalue weighted by Gasteiger charge is -2.31. The number of hydrogen-bond donors (Lipinski definition) is 1. The van der Waals surface area contributed by atoms with Crippen molar-refractivity contribution in [3.05, 3.63) is 58.1 Å². The van der Waals surface area contributed by atoms with Crippen LogP contribution in [0.15, 0.2) is 42.5 Å². The first-order valence-corrected chi connectivity index (χ1v) is 11.5. The fourth-order valence-electron chi connectivity index (χ4n) is 3.59. The van der Waals surface area contributed by atoms with Crippen LogP contribution in [-0.2, 0) is 11.3 Å². The maximum Gasteiger partial charge on any atom is 0.229 e. The van der Waals surface area contributed by atoms with Crippen molar-refractivity contribution in [2.24, 2.45) is 5.92 Å². The molecule has 162 valence electrons. The lowest BCUT2D eigenvalue weighted by atomic mass is 9.95. The molecular weight excluding hydrogens is 455 g/mol. The first-order chi connectivity index (χ1) is 15.0. The zero-order valence-corrected chi connectivity index (χ0v) is 19.3. The van der Waals surface area contributed by atoms with E-state index in [-0.39, 0.29) is 11.8 Å². The summed E-state index contributed by atoms with van der Waals surface area (Å²) in [5, 5.41) is 13.9. The molecule has 1 fully saturated rings. The summed E-state index contributed by atoms with van der Waals surface area (Å²) in [7, 11) is 1.63. The van der Waals surface area contributed by atoms with Crippen LogP contribution in [0.1, 0.15) is 18.4 Å². The molecule has 1 aliphatic heterocycles. The van der Waals surface area contributed by atoms with Crippen molar-refractivity contribution in [3.63, 3.8) is 0 Å². The molecule has 2 heterocycles. The van der Waals surface area contributed by atoms with Crippen molar-refractivity contribution in [3.8, 4) is 16.3 Å². The number of nitrogens with one attached hydrogen (secondary N) is 1. The Morgan fingerprint density at radius 3 is 2.45 bits per heavy atom. The number of rotatable bonds is 6. The largest absolute Gasteiger partial charge is 0.497 e. The normalized spacial score (nSPS) is 15.1. The number of nitrogens with zero attached hydrogens (tertiary/aromatic N) is 3. The number of hydrogen-bond acceptors (Lipinski definition) is 6. The lowest BCUT2D eigenvalue weighted by Crippen LogP contribution is -2.37. The summed E-state index contributed by atoms with van der Waals surface area (Å²) in [6, 6.07) is 13.1. The van der Waals surface area contributed by atoms with Gasteiger partial charge in [-0.2, -0.15) is 0 Å². The maximum atomic E-state index is 12.7. The Bertz CT molecular complexity index is 1030. The number of likely N-dealkylation sites (tertiary alicyclic amines) is 1. The summed E-state index contributed by atoms with van der Waals surface area (Å²) in [5.41, 5.74) is 1.87. The van der Waals surface area contributed by atoms with E-state index in [1.165, 1.54) is 11.3 Å². The molecule has 1 aliphatic rings. The molecule has 3 aromatic rings. The molecule has 1 aromatic heterocycles. The van der Waals surface area contributed by atoms with Gasteiger partial charge in [0, 0.05) is 33.6 Å². The van der Waals surface area contributed by atoms with E-state index in [4.69, 9.17) is 27.9 Å². The first kappa shape index (κ1) is 22.0. The number of ether oxygens (including phenoxy) is 1. The number of amides is 1. The van der Waals surface area contributed by atoms with E-state index in [1.54, 1.807) is 7.11 Å². The Balaban J connectivity index is 1.31. The van der Waals surface area contributed by atoms with Crippen LogP contribution in [0.4, 0.5) is 5.13 Å². The van der Waals surface area contributed by atoms with Crippen LogP contribution in [0.25, 0.3) is 10.6 Å². The molecule has 1 N–H and O–H groups in total. The second-order valence-electron chi connectivity index (χ2n) is 7.38. The molecule has 2 aromatic carbocycles. The molecule has 0 aliphatic carbocycles. The highest BCUT2D eigenvalue weighted by Crippen LogP contribution is 2.30. The van der Waals surface area contributed by atoms with Gasteiger partial charge >= 0.3 is 0 Å². The van der Waals surface area contributed by atoms with Gasteiger partial charge in [0.1, 0.15) is 10.8 Å². The minimum absolute atomic E-state index is 0.00661. The highest BCUT2D eigenvalue weighted by Gasteiger charge is 2.26. The van der Waals surface area contributed by atoms with E-state index in [2.05, 4.69) is 20.4 Å². The van der Waals surface area contributed by atoms with E-state index >= 15 is 0 Å². The summed E-state index contributed by atoms with van der Waals surface area (Å²) in [5.74, 6) is 0.726. The van der Waals surface area contributed by atoms with E-state index in [0.29, 0.717) is 21.7 Å². The molecule has 0 radical (unpaired) electrons. The molecule has 0 spiro atoms. The molecule has 1 amide bonds. The maximum absolute atomic E-state index is 12.7. The Hall–Kier alpha value is -2.19. The van der Waals surface area contributed by atoms with Crippen molar-refractivity contribution < 1.29 is 9.53 Å². The third-order valence-corrected chi connectivity index (χ3v) is 6.99. The summed E-state index contributed by atoms with van der Waals surface area (Å²) in [4.78, 5) is 15.0. The molecule has 6 nitrogen and oxygen atoms in total. The summed E-state index contributed by atoms with van der Waals surface area (Å²) in [6.45, 7) is 2.31. The molecular formula is C22H22Cl2N4O2S. The Morgan fingerprint density at radius 1 is 1.13 bits per heavy atom. The number of carbonyl (C=O) groups is 1. The van der Waals surface area contributed by atoms with Crippen LogP contribution in [0, 0.1) is 5.92 Å². The Labute approximate surface area is 195 Å². The van der Waals surface area contributed by atoms with Crippen molar-refractivity contribution in [2.45, 2.75) is 19.4 Å². The second-order valence-corrected chi connectivity index (χ2v) is 9.17. The van der Waals surface area contributed by atoms with Crippen molar-refractivity contribution in [2.75, 3.05) is 25.5 Å².